The average molecular weight is 256 g/mol. The van der Waals surface area contributed by atoms with Crippen molar-refractivity contribution >= 4 is 22.2 Å². The molecule has 3 aromatic rings. The Morgan fingerprint density at radius 3 is 2.89 bits per heavy atom. The highest BCUT2D eigenvalue weighted by Crippen LogP contribution is 2.29. The lowest BCUT2D eigenvalue weighted by Crippen LogP contribution is -2.00. The van der Waals surface area contributed by atoms with Crippen LogP contribution in [0.25, 0.3) is 10.9 Å². The van der Waals surface area contributed by atoms with Crippen LogP contribution in [0.2, 0.25) is 0 Å². The molecule has 0 fully saturated rings. The minimum Gasteiger partial charge on any atom is -0.381 e. The fraction of sp³-hybridized carbons (Fsp3) is 0.143. The summed E-state index contributed by atoms with van der Waals surface area (Å²) < 4.78 is 0. The van der Waals surface area contributed by atoms with Gasteiger partial charge in [0.1, 0.15) is 11.1 Å². The summed E-state index contributed by atoms with van der Waals surface area (Å²) in [7, 11) is 0. The minimum atomic E-state index is -0.684. The third-order valence-corrected chi connectivity index (χ3v) is 3.86. The van der Waals surface area contributed by atoms with Crippen LogP contribution in [0, 0.1) is 6.92 Å². The fourth-order valence-corrected chi connectivity index (χ4v) is 2.79. The van der Waals surface area contributed by atoms with Crippen molar-refractivity contribution in [1.29, 1.82) is 0 Å². The normalized spacial score (nSPS) is 12.8. The second kappa shape index (κ2) is 4.48. The number of aliphatic hydroxyl groups excluding tert-OH is 1. The highest BCUT2D eigenvalue weighted by molar-refractivity contribution is 7.09. The molecule has 4 heteroatoms. The van der Waals surface area contributed by atoms with E-state index in [2.05, 4.69) is 9.97 Å². The molecule has 0 aliphatic heterocycles. The van der Waals surface area contributed by atoms with Gasteiger partial charge in [-0.15, -0.1) is 11.3 Å². The number of benzene rings is 1. The summed E-state index contributed by atoms with van der Waals surface area (Å²) in [6.07, 6.45) is 1.07. The van der Waals surface area contributed by atoms with E-state index in [4.69, 9.17) is 0 Å². The Labute approximate surface area is 109 Å². The van der Waals surface area contributed by atoms with Gasteiger partial charge in [-0.05, 0) is 24.6 Å². The van der Waals surface area contributed by atoms with Gasteiger partial charge >= 0.3 is 0 Å². The number of fused-ring (bicyclic) bond motifs is 1. The molecule has 0 saturated heterocycles. The van der Waals surface area contributed by atoms with Crippen LogP contribution >= 0.6 is 11.3 Å². The summed E-state index contributed by atoms with van der Waals surface area (Å²) in [6.45, 7) is 1.93. The summed E-state index contributed by atoms with van der Waals surface area (Å²) in [4.78, 5) is 8.64. The molecule has 0 saturated carbocycles. The van der Waals surface area contributed by atoms with Crippen LogP contribution in [0.15, 0.2) is 41.9 Å². The standard InChI is InChI=1S/C14H12N2OS/c1-9-8-18-14(16-9)13(17)11-4-2-6-12-10(11)5-3-7-15-12/h2-8,13,17H,1H3. The van der Waals surface area contributed by atoms with Gasteiger partial charge in [-0.3, -0.25) is 4.98 Å². The van der Waals surface area contributed by atoms with E-state index >= 15 is 0 Å². The molecule has 2 aromatic heterocycles. The highest BCUT2D eigenvalue weighted by atomic mass is 32.1. The molecule has 1 N–H and O–H groups in total. The Morgan fingerprint density at radius 2 is 2.11 bits per heavy atom. The fourth-order valence-electron chi connectivity index (χ4n) is 2.00. The Kier molecular flexibility index (Phi) is 2.81. The van der Waals surface area contributed by atoms with E-state index in [-0.39, 0.29) is 0 Å². The van der Waals surface area contributed by atoms with E-state index in [0.29, 0.717) is 0 Å². The maximum absolute atomic E-state index is 10.4. The van der Waals surface area contributed by atoms with E-state index in [1.54, 1.807) is 6.20 Å². The summed E-state index contributed by atoms with van der Waals surface area (Å²) in [5.74, 6) is 0. The number of hydrogen-bond donors (Lipinski definition) is 1. The lowest BCUT2D eigenvalue weighted by atomic mass is 10.0. The van der Waals surface area contributed by atoms with E-state index in [1.807, 2.05) is 42.6 Å². The van der Waals surface area contributed by atoms with E-state index < -0.39 is 6.10 Å². The maximum Gasteiger partial charge on any atom is 0.131 e. The highest BCUT2D eigenvalue weighted by Gasteiger charge is 2.16. The molecule has 3 nitrogen and oxygen atoms in total. The zero-order valence-corrected chi connectivity index (χ0v) is 10.7. The summed E-state index contributed by atoms with van der Waals surface area (Å²) >= 11 is 1.48. The van der Waals surface area contributed by atoms with Gasteiger partial charge in [-0.1, -0.05) is 18.2 Å². The maximum atomic E-state index is 10.4. The van der Waals surface area contributed by atoms with Crippen LogP contribution in [0.5, 0.6) is 0 Å². The number of thiazole rings is 1. The van der Waals surface area contributed by atoms with Gasteiger partial charge in [0.2, 0.25) is 0 Å². The van der Waals surface area contributed by atoms with Crippen molar-refractivity contribution in [2.24, 2.45) is 0 Å². The van der Waals surface area contributed by atoms with Gasteiger partial charge in [0.05, 0.1) is 5.52 Å². The molecular weight excluding hydrogens is 244 g/mol. The number of aryl methyl sites for hydroxylation is 1. The molecule has 90 valence electrons. The SMILES string of the molecule is Cc1csc(C(O)c2cccc3ncccc23)n1. The molecule has 1 atom stereocenters. The summed E-state index contributed by atoms with van der Waals surface area (Å²) in [5.41, 5.74) is 2.68. The van der Waals surface area contributed by atoms with E-state index in [9.17, 15) is 5.11 Å². The van der Waals surface area contributed by atoms with Crippen LogP contribution in [-0.2, 0) is 0 Å². The average Bonchev–Trinajstić information content (AvgIpc) is 2.84. The van der Waals surface area contributed by atoms with Gasteiger partial charge in [0, 0.05) is 22.7 Å². The zero-order valence-electron chi connectivity index (χ0n) is 9.87. The second-order valence-electron chi connectivity index (χ2n) is 4.15. The van der Waals surface area contributed by atoms with Crippen molar-refractivity contribution in [2.75, 3.05) is 0 Å². The lowest BCUT2D eigenvalue weighted by Gasteiger charge is -2.10. The quantitative estimate of drug-likeness (QED) is 0.766. The Morgan fingerprint density at radius 1 is 1.22 bits per heavy atom. The molecule has 0 spiro atoms. The van der Waals surface area contributed by atoms with Crippen LogP contribution in [0.4, 0.5) is 0 Å². The molecular formula is C14H12N2OS. The first kappa shape index (κ1) is 11.3. The number of aliphatic hydroxyl groups is 1. The zero-order chi connectivity index (χ0) is 12.5. The number of hydrogen-bond acceptors (Lipinski definition) is 4. The monoisotopic (exact) mass is 256 g/mol. The van der Waals surface area contributed by atoms with Crippen molar-refractivity contribution in [2.45, 2.75) is 13.0 Å². The smallest absolute Gasteiger partial charge is 0.131 e. The molecule has 0 aliphatic carbocycles. The predicted octanol–water partition coefficient (Wildman–Crippen LogP) is 3.08. The number of aromatic nitrogens is 2. The lowest BCUT2D eigenvalue weighted by molar-refractivity contribution is 0.221. The summed E-state index contributed by atoms with van der Waals surface area (Å²) in [6, 6.07) is 9.63. The minimum absolute atomic E-state index is 0.684. The predicted molar refractivity (Wildman–Crippen MR) is 72.7 cm³/mol. The molecule has 0 radical (unpaired) electrons. The van der Waals surface area contributed by atoms with Crippen molar-refractivity contribution in [3.05, 3.63) is 58.2 Å². The Bertz CT molecular complexity index is 688. The first-order valence-corrected chi connectivity index (χ1v) is 6.57. The van der Waals surface area contributed by atoms with Gasteiger partial charge in [-0.25, -0.2) is 4.98 Å². The van der Waals surface area contributed by atoms with E-state index in [0.717, 1.165) is 27.2 Å². The van der Waals surface area contributed by atoms with Crippen molar-refractivity contribution < 1.29 is 5.11 Å². The molecule has 3 rings (SSSR count). The number of nitrogens with zero attached hydrogens (tertiary/aromatic N) is 2. The third kappa shape index (κ3) is 1.89. The van der Waals surface area contributed by atoms with Crippen molar-refractivity contribution in [3.63, 3.8) is 0 Å². The first-order chi connectivity index (χ1) is 8.75. The molecule has 1 aromatic carbocycles. The van der Waals surface area contributed by atoms with Gasteiger partial charge in [0.25, 0.3) is 0 Å². The van der Waals surface area contributed by atoms with Gasteiger partial charge in [-0.2, -0.15) is 0 Å². The third-order valence-electron chi connectivity index (χ3n) is 2.84. The van der Waals surface area contributed by atoms with E-state index in [1.165, 1.54) is 11.3 Å². The van der Waals surface area contributed by atoms with Crippen LogP contribution in [-0.4, -0.2) is 15.1 Å². The molecule has 2 heterocycles. The molecule has 0 aliphatic rings. The summed E-state index contributed by atoms with van der Waals surface area (Å²) in [5, 5.41) is 14.1. The second-order valence-corrected chi connectivity index (χ2v) is 5.04. The van der Waals surface area contributed by atoms with Crippen LogP contribution in [0.1, 0.15) is 22.4 Å². The van der Waals surface area contributed by atoms with Gasteiger partial charge in [0.15, 0.2) is 0 Å². The van der Waals surface area contributed by atoms with Crippen molar-refractivity contribution in [1.82, 2.24) is 9.97 Å². The molecule has 1 unspecified atom stereocenters. The number of rotatable bonds is 2. The van der Waals surface area contributed by atoms with Gasteiger partial charge < -0.3 is 5.11 Å². The molecule has 0 amide bonds. The number of pyridine rings is 1. The largest absolute Gasteiger partial charge is 0.381 e. The molecule has 18 heavy (non-hydrogen) atoms. The first-order valence-electron chi connectivity index (χ1n) is 5.69. The van der Waals surface area contributed by atoms with Crippen LogP contribution < -0.4 is 0 Å². The topological polar surface area (TPSA) is 46.0 Å². The Balaban J connectivity index is 2.14. The molecule has 0 bridgehead atoms. The van der Waals surface area contributed by atoms with Crippen molar-refractivity contribution in [3.8, 4) is 0 Å². The van der Waals surface area contributed by atoms with Crippen LogP contribution in [0.3, 0.4) is 0 Å². The Hall–Kier alpha value is -1.78.